The van der Waals surface area contributed by atoms with E-state index in [1.54, 1.807) is 0 Å². The molecule has 0 saturated heterocycles. The molecule has 0 heterocycles. The Bertz CT molecular complexity index is 193. The highest BCUT2D eigenvalue weighted by molar-refractivity contribution is 4.79. The van der Waals surface area contributed by atoms with Crippen LogP contribution >= 0.6 is 0 Å². The molecule has 2 nitrogen and oxygen atoms in total. The number of nitrogens with one attached hydrogen (secondary N) is 1. The Hall–Kier alpha value is -0.0800. The molecule has 2 saturated carbocycles. The first kappa shape index (κ1) is 12.4. The van der Waals surface area contributed by atoms with E-state index < -0.39 is 0 Å². The fraction of sp³-hybridized carbons (Fsp3) is 1.00. The van der Waals surface area contributed by atoms with Gasteiger partial charge in [-0.25, -0.2) is 0 Å². The smallest absolute Gasteiger partial charge is 0.0540 e. The standard InChI is InChI=1S/C14H27NO/c1-11(13-4-2-3-5-13)15-10-12-6-8-14(16)9-7-12/h11-16H,2-10H2,1H3. The first-order valence-corrected chi connectivity index (χ1v) is 7.17. The van der Waals surface area contributed by atoms with Crippen molar-refractivity contribution in [3.05, 3.63) is 0 Å². The highest BCUT2D eigenvalue weighted by Gasteiger charge is 2.23. The summed E-state index contributed by atoms with van der Waals surface area (Å²) in [5, 5.41) is 13.2. The van der Waals surface area contributed by atoms with Crippen molar-refractivity contribution in [2.24, 2.45) is 11.8 Å². The lowest BCUT2D eigenvalue weighted by molar-refractivity contribution is 0.107. The van der Waals surface area contributed by atoms with Crippen molar-refractivity contribution >= 4 is 0 Å². The second-order valence-corrected chi connectivity index (χ2v) is 5.92. The highest BCUT2D eigenvalue weighted by Crippen LogP contribution is 2.28. The molecular weight excluding hydrogens is 198 g/mol. The van der Waals surface area contributed by atoms with E-state index in [1.807, 2.05) is 0 Å². The van der Waals surface area contributed by atoms with Gasteiger partial charge in [0.25, 0.3) is 0 Å². The van der Waals surface area contributed by atoms with E-state index in [0.717, 1.165) is 24.7 Å². The molecule has 2 fully saturated rings. The summed E-state index contributed by atoms with van der Waals surface area (Å²) in [4.78, 5) is 0. The lowest BCUT2D eigenvalue weighted by atomic mass is 9.87. The van der Waals surface area contributed by atoms with E-state index >= 15 is 0 Å². The molecule has 0 amide bonds. The fourth-order valence-electron chi connectivity index (χ4n) is 3.33. The molecule has 0 aromatic carbocycles. The summed E-state index contributed by atoms with van der Waals surface area (Å²) in [6.45, 7) is 3.53. The number of hydrogen-bond acceptors (Lipinski definition) is 2. The number of rotatable bonds is 4. The Kier molecular flexibility index (Phi) is 4.66. The zero-order chi connectivity index (χ0) is 11.4. The predicted octanol–water partition coefficient (Wildman–Crippen LogP) is 2.71. The van der Waals surface area contributed by atoms with Gasteiger partial charge in [-0.05, 0) is 63.8 Å². The Morgan fingerprint density at radius 1 is 1.06 bits per heavy atom. The van der Waals surface area contributed by atoms with Gasteiger partial charge in [0, 0.05) is 6.04 Å². The zero-order valence-corrected chi connectivity index (χ0v) is 10.6. The molecule has 94 valence electrons. The molecule has 2 aliphatic carbocycles. The lowest BCUT2D eigenvalue weighted by Crippen LogP contribution is -2.37. The van der Waals surface area contributed by atoms with Gasteiger partial charge in [0.05, 0.1) is 6.10 Å². The van der Waals surface area contributed by atoms with Crippen LogP contribution in [0, 0.1) is 11.8 Å². The van der Waals surface area contributed by atoms with Crippen LogP contribution in [0.2, 0.25) is 0 Å². The van der Waals surface area contributed by atoms with E-state index in [2.05, 4.69) is 12.2 Å². The summed E-state index contributed by atoms with van der Waals surface area (Å²) < 4.78 is 0. The maximum absolute atomic E-state index is 9.46. The van der Waals surface area contributed by atoms with Crippen molar-refractivity contribution in [1.82, 2.24) is 5.32 Å². The van der Waals surface area contributed by atoms with E-state index in [-0.39, 0.29) is 6.10 Å². The van der Waals surface area contributed by atoms with Crippen LogP contribution in [0.3, 0.4) is 0 Å². The van der Waals surface area contributed by atoms with Crippen molar-refractivity contribution in [2.75, 3.05) is 6.54 Å². The molecule has 16 heavy (non-hydrogen) atoms. The third-order valence-corrected chi connectivity index (χ3v) is 4.65. The number of aliphatic hydroxyl groups is 1. The summed E-state index contributed by atoms with van der Waals surface area (Å²) >= 11 is 0. The van der Waals surface area contributed by atoms with Crippen molar-refractivity contribution in [3.8, 4) is 0 Å². The average molecular weight is 225 g/mol. The van der Waals surface area contributed by atoms with Crippen LogP contribution in [0.25, 0.3) is 0 Å². The summed E-state index contributed by atoms with van der Waals surface area (Å²) in [5.74, 6) is 1.74. The minimum atomic E-state index is -0.0106. The van der Waals surface area contributed by atoms with Gasteiger partial charge in [0.15, 0.2) is 0 Å². The average Bonchev–Trinajstić information content (AvgIpc) is 2.81. The quantitative estimate of drug-likeness (QED) is 0.771. The van der Waals surface area contributed by atoms with Gasteiger partial charge in [-0.15, -0.1) is 0 Å². The van der Waals surface area contributed by atoms with Crippen molar-refractivity contribution in [1.29, 1.82) is 0 Å². The molecule has 2 N–H and O–H groups in total. The van der Waals surface area contributed by atoms with Crippen LogP contribution in [0.5, 0.6) is 0 Å². The van der Waals surface area contributed by atoms with Crippen molar-refractivity contribution in [2.45, 2.75) is 70.4 Å². The van der Waals surface area contributed by atoms with Crippen molar-refractivity contribution in [3.63, 3.8) is 0 Å². The van der Waals surface area contributed by atoms with Gasteiger partial charge in [0.1, 0.15) is 0 Å². The lowest BCUT2D eigenvalue weighted by Gasteiger charge is -2.28. The molecular formula is C14H27NO. The molecule has 0 aromatic rings. The Morgan fingerprint density at radius 2 is 1.69 bits per heavy atom. The number of hydrogen-bond donors (Lipinski definition) is 2. The molecule has 2 rings (SSSR count). The Balaban J connectivity index is 1.62. The molecule has 2 heteroatoms. The van der Waals surface area contributed by atoms with Gasteiger partial charge in [0.2, 0.25) is 0 Å². The number of aliphatic hydroxyl groups excluding tert-OH is 1. The second kappa shape index (κ2) is 6.02. The van der Waals surface area contributed by atoms with Crippen LogP contribution in [0.4, 0.5) is 0 Å². The Morgan fingerprint density at radius 3 is 2.31 bits per heavy atom. The van der Waals surface area contributed by atoms with Gasteiger partial charge in [-0.2, -0.15) is 0 Å². The van der Waals surface area contributed by atoms with Crippen LogP contribution in [0.15, 0.2) is 0 Å². The second-order valence-electron chi connectivity index (χ2n) is 5.92. The van der Waals surface area contributed by atoms with E-state index in [9.17, 15) is 5.11 Å². The third-order valence-electron chi connectivity index (χ3n) is 4.65. The predicted molar refractivity (Wildman–Crippen MR) is 67.4 cm³/mol. The molecule has 0 spiro atoms. The molecule has 0 aliphatic heterocycles. The zero-order valence-electron chi connectivity index (χ0n) is 10.6. The van der Waals surface area contributed by atoms with E-state index in [0.29, 0.717) is 6.04 Å². The summed E-state index contributed by atoms with van der Waals surface area (Å²) in [7, 11) is 0. The monoisotopic (exact) mass is 225 g/mol. The van der Waals surface area contributed by atoms with Crippen LogP contribution < -0.4 is 5.32 Å². The molecule has 0 radical (unpaired) electrons. The van der Waals surface area contributed by atoms with Gasteiger partial charge >= 0.3 is 0 Å². The van der Waals surface area contributed by atoms with E-state index in [1.165, 1.54) is 45.1 Å². The minimum Gasteiger partial charge on any atom is -0.393 e. The van der Waals surface area contributed by atoms with Crippen LogP contribution in [-0.2, 0) is 0 Å². The Labute approximate surface area is 99.8 Å². The summed E-state index contributed by atoms with van der Waals surface area (Å²) in [6, 6.07) is 0.703. The van der Waals surface area contributed by atoms with Gasteiger partial charge in [-0.1, -0.05) is 12.8 Å². The summed E-state index contributed by atoms with van der Waals surface area (Å²) in [6.07, 6.45) is 10.2. The SMILES string of the molecule is CC(NCC1CCC(O)CC1)C1CCCC1. The maximum Gasteiger partial charge on any atom is 0.0540 e. The third kappa shape index (κ3) is 3.46. The highest BCUT2D eigenvalue weighted by atomic mass is 16.3. The first-order chi connectivity index (χ1) is 7.75. The molecule has 1 unspecified atom stereocenters. The topological polar surface area (TPSA) is 32.3 Å². The van der Waals surface area contributed by atoms with Crippen LogP contribution in [0.1, 0.15) is 58.3 Å². The minimum absolute atomic E-state index is 0.0106. The summed E-state index contributed by atoms with van der Waals surface area (Å²) in [5.41, 5.74) is 0. The maximum atomic E-state index is 9.46. The molecule has 2 aliphatic rings. The van der Waals surface area contributed by atoms with Crippen molar-refractivity contribution < 1.29 is 5.11 Å². The van der Waals surface area contributed by atoms with Crippen LogP contribution in [-0.4, -0.2) is 23.8 Å². The first-order valence-electron chi connectivity index (χ1n) is 7.17. The molecule has 0 aromatic heterocycles. The van der Waals surface area contributed by atoms with Gasteiger partial charge in [-0.3, -0.25) is 0 Å². The van der Waals surface area contributed by atoms with Gasteiger partial charge < -0.3 is 10.4 Å². The molecule has 1 atom stereocenters. The molecule has 0 bridgehead atoms. The van der Waals surface area contributed by atoms with E-state index in [4.69, 9.17) is 0 Å². The largest absolute Gasteiger partial charge is 0.393 e. The normalized spacial score (nSPS) is 34.1. The fourth-order valence-corrected chi connectivity index (χ4v) is 3.33.